The number of allylic oxidation sites excluding steroid dienone is 2. The molecule has 0 radical (unpaired) electrons. The van der Waals surface area contributed by atoms with Crippen molar-refractivity contribution in [2.75, 3.05) is 5.32 Å². The van der Waals surface area contributed by atoms with Crippen molar-refractivity contribution in [2.45, 2.75) is 6.42 Å². The predicted molar refractivity (Wildman–Crippen MR) is 64.2 cm³/mol. The zero-order valence-electron chi connectivity index (χ0n) is 8.53. The van der Waals surface area contributed by atoms with Crippen LogP contribution < -0.4 is 5.32 Å². The number of benzene rings is 1. The van der Waals surface area contributed by atoms with E-state index >= 15 is 0 Å². The maximum Gasteiger partial charge on any atom is 0.0379 e. The molecule has 2 N–H and O–H groups in total. The lowest BCUT2D eigenvalue weighted by Gasteiger charge is -2.02. The minimum Gasteiger partial charge on any atom is -0.361 e. The largest absolute Gasteiger partial charge is 0.361 e. The van der Waals surface area contributed by atoms with Crippen molar-refractivity contribution < 1.29 is 0 Å². The second-order valence-corrected chi connectivity index (χ2v) is 3.71. The van der Waals surface area contributed by atoms with Crippen molar-refractivity contribution >= 4 is 11.9 Å². The highest BCUT2D eigenvalue weighted by Crippen LogP contribution is 2.41. The smallest absolute Gasteiger partial charge is 0.0379 e. The van der Waals surface area contributed by atoms with Gasteiger partial charge >= 0.3 is 0 Å². The van der Waals surface area contributed by atoms with Gasteiger partial charge in [0.25, 0.3) is 0 Å². The molecule has 76 valence electrons. The van der Waals surface area contributed by atoms with E-state index in [0.29, 0.717) is 5.92 Å². The molecule has 1 saturated carbocycles. The van der Waals surface area contributed by atoms with Gasteiger partial charge in [0, 0.05) is 24.0 Å². The van der Waals surface area contributed by atoms with Crippen molar-refractivity contribution in [3.63, 3.8) is 0 Å². The van der Waals surface area contributed by atoms with Crippen molar-refractivity contribution in [1.82, 2.24) is 0 Å². The quantitative estimate of drug-likeness (QED) is 0.565. The van der Waals surface area contributed by atoms with Crippen LogP contribution in [-0.2, 0) is 0 Å². The van der Waals surface area contributed by atoms with Crippen LogP contribution in [0.5, 0.6) is 0 Å². The van der Waals surface area contributed by atoms with Gasteiger partial charge in [0.2, 0.25) is 0 Å². The number of nitrogens with one attached hydrogen (secondary N) is 2. The van der Waals surface area contributed by atoms with E-state index in [1.807, 2.05) is 36.5 Å². The van der Waals surface area contributed by atoms with Gasteiger partial charge in [-0.2, -0.15) is 0 Å². The van der Waals surface area contributed by atoms with Crippen LogP contribution in [-0.4, -0.2) is 6.21 Å². The van der Waals surface area contributed by atoms with Gasteiger partial charge in [0.1, 0.15) is 0 Å². The maximum atomic E-state index is 7.31. The van der Waals surface area contributed by atoms with Crippen molar-refractivity contribution in [1.29, 1.82) is 5.41 Å². The summed E-state index contributed by atoms with van der Waals surface area (Å²) < 4.78 is 0. The fourth-order valence-corrected chi connectivity index (χ4v) is 1.50. The number of hydrogen-bond donors (Lipinski definition) is 2. The van der Waals surface area contributed by atoms with Crippen molar-refractivity contribution in [2.24, 2.45) is 5.92 Å². The van der Waals surface area contributed by atoms with Crippen LogP contribution in [0.4, 0.5) is 5.69 Å². The summed E-state index contributed by atoms with van der Waals surface area (Å²) >= 11 is 0. The molecule has 2 nitrogen and oxygen atoms in total. The number of rotatable bonds is 4. The molecule has 0 aliphatic heterocycles. The Labute approximate surface area is 89.8 Å². The van der Waals surface area contributed by atoms with Crippen molar-refractivity contribution in [3.05, 3.63) is 54.3 Å². The molecule has 1 aromatic carbocycles. The van der Waals surface area contributed by atoms with E-state index in [9.17, 15) is 0 Å². The molecule has 0 unspecified atom stereocenters. The molecule has 0 heterocycles. The topological polar surface area (TPSA) is 35.9 Å². The van der Waals surface area contributed by atoms with Gasteiger partial charge in [-0.05, 0) is 24.1 Å². The lowest BCUT2D eigenvalue weighted by Crippen LogP contribution is -1.94. The van der Waals surface area contributed by atoms with Crippen LogP contribution in [0.15, 0.2) is 54.3 Å². The molecule has 1 aliphatic carbocycles. The maximum absolute atomic E-state index is 7.31. The second-order valence-electron chi connectivity index (χ2n) is 3.71. The molecule has 0 saturated heterocycles. The van der Waals surface area contributed by atoms with Crippen molar-refractivity contribution in [3.8, 4) is 0 Å². The number of hydrogen-bond acceptors (Lipinski definition) is 2. The van der Waals surface area contributed by atoms with E-state index in [2.05, 4.69) is 11.9 Å². The highest BCUT2D eigenvalue weighted by molar-refractivity contribution is 5.80. The molecule has 0 amide bonds. The molecule has 2 heteroatoms. The summed E-state index contributed by atoms with van der Waals surface area (Å²) in [5, 5.41) is 10.5. The summed E-state index contributed by atoms with van der Waals surface area (Å²) in [6, 6.07) is 9.95. The Hall–Kier alpha value is -1.83. The third kappa shape index (κ3) is 2.34. The van der Waals surface area contributed by atoms with Gasteiger partial charge in [0.05, 0.1) is 0 Å². The predicted octanol–water partition coefficient (Wildman–Crippen LogP) is 3.21. The highest BCUT2D eigenvalue weighted by atomic mass is 14.8. The van der Waals surface area contributed by atoms with E-state index in [1.54, 1.807) is 0 Å². The van der Waals surface area contributed by atoms with Crippen LogP contribution in [0.25, 0.3) is 0 Å². The SMILES string of the molecule is C=C1C[C@@H]1/C(C=N)=C/Nc1ccccc1. The van der Waals surface area contributed by atoms with E-state index in [0.717, 1.165) is 17.7 Å². The average Bonchev–Trinajstić information content (AvgIpc) is 2.98. The normalized spacial score (nSPS) is 19.9. The second kappa shape index (κ2) is 4.13. The molecule has 2 rings (SSSR count). The third-order valence-electron chi connectivity index (χ3n) is 2.55. The Morgan fingerprint density at radius 3 is 2.60 bits per heavy atom. The first-order chi connectivity index (χ1) is 7.31. The summed E-state index contributed by atoms with van der Waals surface area (Å²) in [7, 11) is 0. The molecule has 1 fully saturated rings. The minimum absolute atomic E-state index is 0.402. The van der Waals surface area contributed by atoms with Crippen LogP contribution in [0.1, 0.15) is 6.42 Å². The van der Waals surface area contributed by atoms with Crippen LogP contribution in [0, 0.1) is 11.3 Å². The standard InChI is InChI=1S/C13H14N2/c1-10-7-13(10)11(8-14)9-15-12-5-3-2-4-6-12/h2-6,8-9,13-15H,1,7H2/b11-9+,14-8?/t13-/m0/s1. The minimum atomic E-state index is 0.402. The molecule has 1 aliphatic rings. The summed E-state index contributed by atoms with van der Waals surface area (Å²) in [6.07, 6.45) is 4.32. The van der Waals surface area contributed by atoms with E-state index in [4.69, 9.17) is 5.41 Å². The first-order valence-electron chi connectivity index (χ1n) is 5.01. The average molecular weight is 198 g/mol. The lowest BCUT2D eigenvalue weighted by molar-refractivity contribution is 1.11. The van der Waals surface area contributed by atoms with Gasteiger partial charge in [-0.15, -0.1) is 0 Å². The summed E-state index contributed by atoms with van der Waals surface area (Å²) in [5.74, 6) is 0.402. The Morgan fingerprint density at radius 2 is 2.07 bits per heavy atom. The Morgan fingerprint density at radius 1 is 1.40 bits per heavy atom. The summed E-state index contributed by atoms with van der Waals surface area (Å²) in [6.45, 7) is 3.90. The van der Waals surface area contributed by atoms with Gasteiger partial charge in [0.15, 0.2) is 0 Å². The first kappa shape index (κ1) is 9.71. The third-order valence-corrected chi connectivity index (χ3v) is 2.55. The van der Waals surface area contributed by atoms with Crippen LogP contribution in [0.2, 0.25) is 0 Å². The molecule has 15 heavy (non-hydrogen) atoms. The van der Waals surface area contributed by atoms with E-state index < -0.39 is 0 Å². The molecule has 0 bridgehead atoms. The molecular weight excluding hydrogens is 184 g/mol. The van der Waals surface area contributed by atoms with E-state index in [-0.39, 0.29) is 0 Å². The summed E-state index contributed by atoms with van der Waals surface area (Å²) in [5.41, 5.74) is 3.27. The number of para-hydroxylation sites is 1. The monoisotopic (exact) mass is 198 g/mol. The zero-order valence-corrected chi connectivity index (χ0v) is 8.53. The summed E-state index contributed by atoms with van der Waals surface area (Å²) in [4.78, 5) is 0. The van der Waals surface area contributed by atoms with E-state index in [1.165, 1.54) is 11.8 Å². The van der Waals surface area contributed by atoms with Gasteiger partial charge in [-0.3, -0.25) is 0 Å². The molecule has 0 aromatic heterocycles. The van der Waals surface area contributed by atoms with Gasteiger partial charge in [-0.25, -0.2) is 0 Å². The Balaban J connectivity index is 2.03. The van der Waals surface area contributed by atoms with Gasteiger partial charge < -0.3 is 10.7 Å². The Bertz CT molecular complexity index is 404. The molecule has 1 aromatic rings. The Kier molecular flexibility index (Phi) is 2.68. The van der Waals surface area contributed by atoms with Crippen LogP contribution in [0.3, 0.4) is 0 Å². The van der Waals surface area contributed by atoms with Gasteiger partial charge in [-0.1, -0.05) is 30.4 Å². The van der Waals surface area contributed by atoms with Crippen LogP contribution >= 0.6 is 0 Å². The fourth-order valence-electron chi connectivity index (χ4n) is 1.50. The lowest BCUT2D eigenvalue weighted by atomic mass is 10.2. The highest BCUT2D eigenvalue weighted by Gasteiger charge is 2.29. The molecular formula is C13H14N2. The fraction of sp³-hybridized carbons (Fsp3) is 0.154. The molecule has 1 atom stereocenters. The zero-order chi connectivity index (χ0) is 10.7. The first-order valence-corrected chi connectivity index (χ1v) is 5.01. The molecule has 0 spiro atoms. The number of anilines is 1.